The van der Waals surface area contributed by atoms with Crippen molar-refractivity contribution in [3.05, 3.63) is 48.1 Å². The second-order valence-corrected chi connectivity index (χ2v) is 10.1. The Morgan fingerprint density at radius 3 is 2.62 bits per heavy atom. The van der Waals surface area contributed by atoms with Crippen LogP contribution in [-0.2, 0) is 23.4 Å². The lowest BCUT2D eigenvalue weighted by atomic mass is 10.1. The number of carbonyl (C=O) groups is 3. The number of nitrogens with one attached hydrogen (secondary N) is 1. The van der Waals surface area contributed by atoms with Gasteiger partial charge in [-0.25, -0.2) is 32.0 Å². The summed E-state index contributed by atoms with van der Waals surface area (Å²) in [4.78, 5) is 47.4. The summed E-state index contributed by atoms with van der Waals surface area (Å²) >= 11 is 0. The molecule has 3 rings (SSSR count). The normalized spacial score (nSPS) is 18.9. The predicted octanol–water partition coefficient (Wildman–Crippen LogP) is 3.73. The second kappa shape index (κ2) is 11.8. The number of halogens is 3. The van der Waals surface area contributed by atoms with E-state index >= 15 is 4.39 Å². The smallest absolute Gasteiger partial charge is 0.515 e. The molecule has 1 aromatic rings. The van der Waals surface area contributed by atoms with Crippen molar-refractivity contribution < 1.29 is 56.1 Å². The van der Waals surface area contributed by atoms with E-state index < -0.39 is 80.0 Å². The average Bonchev–Trinajstić information content (AvgIpc) is 3.20. The highest BCUT2D eigenvalue weighted by Gasteiger charge is 2.42. The largest absolute Gasteiger partial charge is 0.516 e. The zero-order valence-corrected chi connectivity index (χ0v) is 21.4. The molecule has 17 heteroatoms. The highest BCUT2D eigenvalue weighted by molar-refractivity contribution is 7.51. The molecule has 2 atom stereocenters. The molecule has 1 fully saturated rings. The summed E-state index contributed by atoms with van der Waals surface area (Å²) in [5, 5.41) is 16.9. The van der Waals surface area contributed by atoms with E-state index in [0.29, 0.717) is 23.3 Å². The number of carbonyl (C=O) groups excluding carboxylic acids is 3. The number of aliphatic hydroxyl groups excluding tert-OH is 1. The molecule has 0 aliphatic carbocycles. The number of cyclic esters (lactones) is 1. The van der Waals surface area contributed by atoms with Crippen LogP contribution in [0.25, 0.3) is 0 Å². The summed E-state index contributed by atoms with van der Waals surface area (Å²) in [6.45, 7) is 1.37. The summed E-state index contributed by atoms with van der Waals surface area (Å²) in [7, 11) is -5.18. The molecule has 212 valence electrons. The number of amidine groups is 1. The summed E-state index contributed by atoms with van der Waals surface area (Å²) in [6, 6.07) is 0.554. The van der Waals surface area contributed by atoms with Crippen LogP contribution in [0.2, 0.25) is 0 Å². The number of ether oxygens (including phenoxy) is 2. The van der Waals surface area contributed by atoms with E-state index in [1.54, 1.807) is 0 Å². The Kier molecular flexibility index (Phi) is 8.92. The Morgan fingerprint density at radius 2 is 2.03 bits per heavy atom. The second-order valence-electron chi connectivity index (χ2n) is 8.48. The molecule has 0 saturated carbocycles. The molecule has 1 saturated heterocycles. The number of nitrogens with zero attached hydrogens (tertiary/aromatic N) is 3. The Labute approximate surface area is 219 Å². The van der Waals surface area contributed by atoms with Gasteiger partial charge in [0.25, 0.3) is 0 Å². The summed E-state index contributed by atoms with van der Waals surface area (Å²) in [6.07, 6.45) is -1.81. The highest BCUT2D eigenvalue weighted by atomic mass is 31.2. The Morgan fingerprint density at radius 1 is 1.33 bits per heavy atom. The molecule has 2 unspecified atom stereocenters. The van der Waals surface area contributed by atoms with Crippen LogP contribution in [0.15, 0.2) is 30.7 Å². The van der Waals surface area contributed by atoms with Crippen LogP contribution in [0.4, 0.5) is 34.1 Å². The van der Waals surface area contributed by atoms with E-state index in [0.717, 1.165) is 17.2 Å². The van der Waals surface area contributed by atoms with Crippen molar-refractivity contribution in [3.8, 4) is 0 Å². The molecule has 3 N–H and O–H groups in total. The van der Waals surface area contributed by atoms with Gasteiger partial charge in [-0.3, -0.25) is 20.0 Å². The fourth-order valence-electron chi connectivity index (χ4n) is 3.64. The lowest BCUT2D eigenvalue weighted by Crippen LogP contribution is -2.37. The first-order valence-corrected chi connectivity index (χ1v) is 12.8. The molecule has 2 heterocycles. The summed E-state index contributed by atoms with van der Waals surface area (Å²) in [5.74, 6) is -5.60. The van der Waals surface area contributed by atoms with Crippen LogP contribution in [-0.4, -0.2) is 70.4 Å². The zero-order chi connectivity index (χ0) is 29.1. The molecule has 1 aromatic carbocycles. The number of hydrogen-bond acceptors (Lipinski definition) is 10. The summed E-state index contributed by atoms with van der Waals surface area (Å²) in [5.41, 5.74) is -1.61. The molecular formula is C22H24F3N4O9P. The van der Waals surface area contributed by atoms with Gasteiger partial charge in [-0.05, 0) is 19.9 Å². The van der Waals surface area contributed by atoms with Gasteiger partial charge in [0, 0.05) is 31.3 Å². The molecule has 2 aliphatic rings. The van der Waals surface area contributed by atoms with Crippen LogP contribution in [0.3, 0.4) is 0 Å². The third-order valence-electron chi connectivity index (χ3n) is 5.32. The lowest BCUT2D eigenvalue weighted by Gasteiger charge is -2.28. The number of ketones is 1. The van der Waals surface area contributed by atoms with Gasteiger partial charge in [0.2, 0.25) is 0 Å². The topological polar surface area (TPSA) is 170 Å². The van der Waals surface area contributed by atoms with Crippen molar-refractivity contribution in [2.24, 2.45) is 0 Å². The number of amides is 1. The van der Waals surface area contributed by atoms with Crippen molar-refractivity contribution in [1.29, 1.82) is 5.41 Å². The zero-order valence-electron chi connectivity index (χ0n) is 20.5. The van der Waals surface area contributed by atoms with Gasteiger partial charge in [-0.15, -0.1) is 0 Å². The first-order valence-electron chi connectivity index (χ1n) is 11.3. The Balaban J connectivity index is 1.85. The number of hydrogen-bond donors (Lipinski definition) is 3. The monoisotopic (exact) mass is 576 g/mol. The molecule has 2 aliphatic heterocycles. The maximum absolute atomic E-state index is 15.0. The molecule has 0 radical (unpaired) electrons. The standard InChI is InChI=1S/C22H24F3N4O9P/c1-12(2)36-22(33)38-39(34,35)29(17(26)5-8-30)11-14-10-28(21(32)37-14)16-9-15(23)20(19(25)18(16)24)27-6-3-13(31)4-7-27/h3,5-6,8-9,12,14,26,30H,4,7,10-11H2,1-2H3,(H,34,35)/b8-5-,26-17?. The minimum atomic E-state index is -5.18. The number of anilines is 2. The van der Waals surface area contributed by atoms with E-state index in [1.165, 1.54) is 13.8 Å². The van der Waals surface area contributed by atoms with E-state index in [-0.39, 0.29) is 23.4 Å². The Bertz CT molecular complexity index is 1290. The van der Waals surface area contributed by atoms with Gasteiger partial charge in [-0.1, -0.05) is 0 Å². The third-order valence-corrected chi connectivity index (χ3v) is 6.70. The lowest BCUT2D eigenvalue weighted by molar-refractivity contribution is -0.114. The van der Waals surface area contributed by atoms with Crippen LogP contribution >= 0.6 is 7.75 Å². The molecule has 0 aromatic heterocycles. The highest BCUT2D eigenvalue weighted by Crippen LogP contribution is 2.48. The molecular weight excluding hydrogens is 552 g/mol. The number of rotatable bonds is 8. The van der Waals surface area contributed by atoms with Gasteiger partial charge in [-0.2, -0.15) is 0 Å². The van der Waals surface area contributed by atoms with E-state index in [2.05, 4.69) is 9.26 Å². The third kappa shape index (κ3) is 6.70. The quantitative estimate of drug-likeness (QED) is 0.103. The molecule has 13 nitrogen and oxygen atoms in total. The van der Waals surface area contributed by atoms with Crippen molar-refractivity contribution >= 4 is 43.0 Å². The fourth-order valence-corrected chi connectivity index (χ4v) is 4.70. The van der Waals surface area contributed by atoms with Crippen LogP contribution in [0, 0.1) is 22.9 Å². The minimum absolute atomic E-state index is 0.0521. The molecule has 1 amide bonds. The molecule has 39 heavy (non-hydrogen) atoms. The maximum atomic E-state index is 15.0. The van der Waals surface area contributed by atoms with Crippen LogP contribution in [0.1, 0.15) is 20.3 Å². The van der Waals surface area contributed by atoms with E-state index in [1.807, 2.05) is 0 Å². The minimum Gasteiger partial charge on any atom is -0.515 e. The van der Waals surface area contributed by atoms with Crippen LogP contribution < -0.4 is 9.80 Å². The SMILES string of the molecule is CC(C)OC(=O)OP(=O)(O)N(CC1CN(c2cc(F)c(N3C=CC(=O)CC3)c(F)c2F)C(=O)O1)C(=N)/C=C\O. The number of aliphatic hydroxyl groups is 1. The fraction of sp³-hybridized carbons (Fsp3) is 0.364. The van der Waals surface area contributed by atoms with E-state index in [9.17, 15) is 32.6 Å². The average molecular weight is 576 g/mol. The van der Waals surface area contributed by atoms with Gasteiger partial charge in [0.15, 0.2) is 23.2 Å². The van der Waals surface area contributed by atoms with Crippen molar-refractivity contribution in [2.45, 2.75) is 32.5 Å². The maximum Gasteiger partial charge on any atom is 0.516 e. The predicted molar refractivity (Wildman–Crippen MR) is 129 cm³/mol. The number of allylic oxidation sites excluding steroid dienone is 1. The first-order chi connectivity index (χ1) is 18.2. The first kappa shape index (κ1) is 29.5. The van der Waals surface area contributed by atoms with Crippen molar-refractivity contribution in [2.75, 3.05) is 29.4 Å². The summed E-state index contributed by atoms with van der Waals surface area (Å²) < 4.78 is 71.9. The van der Waals surface area contributed by atoms with Gasteiger partial charge < -0.3 is 24.0 Å². The van der Waals surface area contributed by atoms with Crippen molar-refractivity contribution in [3.63, 3.8) is 0 Å². The van der Waals surface area contributed by atoms with Gasteiger partial charge >= 0.3 is 20.0 Å². The van der Waals surface area contributed by atoms with Gasteiger partial charge in [0.05, 0.1) is 31.1 Å². The van der Waals surface area contributed by atoms with Gasteiger partial charge in [0.1, 0.15) is 17.6 Å². The molecule has 0 spiro atoms. The Hall–Kier alpha value is -4.04. The van der Waals surface area contributed by atoms with Crippen molar-refractivity contribution in [1.82, 2.24) is 4.67 Å². The van der Waals surface area contributed by atoms with Crippen LogP contribution in [0.5, 0.6) is 0 Å². The van der Waals surface area contributed by atoms with E-state index in [4.69, 9.17) is 15.3 Å². The number of benzene rings is 1. The molecule has 0 bridgehead atoms.